The molecule has 1 aromatic rings. The van der Waals surface area contributed by atoms with Gasteiger partial charge < -0.3 is 10.1 Å². The van der Waals surface area contributed by atoms with E-state index in [2.05, 4.69) is 44.3 Å². The van der Waals surface area contributed by atoms with Crippen LogP contribution in [0.25, 0.3) is 0 Å². The molecule has 0 aromatic heterocycles. The molecule has 106 valence electrons. The fourth-order valence-electron chi connectivity index (χ4n) is 2.99. The highest BCUT2D eigenvalue weighted by molar-refractivity contribution is 5.35. The largest absolute Gasteiger partial charge is 0.492 e. The standard InChI is InChI=1S/C17H27NO/c1-13-8-9-17(15(3)12-13)19-11-10-18-16-7-5-4-6-14(16)2/h8-9,12,14,16,18H,4-7,10-11H2,1-3H3. The van der Waals surface area contributed by atoms with Crippen LogP contribution in [-0.2, 0) is 0 Å². The van der Waals surface area contributed by atoms with Crippen molar-refractivity contribution in [3.05, 3.63) is 29.3 Å². The molecule has 1 aliphatic rings. The van der Waals surface area contributed by atoms with Gasteiger partial charge in [0.2, 0.25) is 0 Å². The summed E-state index contributed by atoms with van der Waals surface area (Å²) in [5.74, 6) is 1.83. The number of nitrogens with one attached hydrogen (secondary N) is 1. The predicted octanol–water partition coefficient (Wildman–Crippen LogP) is 3.85. The fourth-order valence-corrected chi connectivity index (χ4v) is 2.99. The topological polar surface area (TPSA) is 21.3 Å². The van der Waals surface area contributed by atoms with Crippen LogP contribution < -0.4 is 10.1 Å². The normalized spacial score (nSPS) is 23.3. The van der Waals surface area contributed by atoms with Crippen LogP contribution in [-0.4, -0.2) is 19.2 Å². The quantitative estimate of drug-likeness (QED) is 0.813. The Morgan fingerprint density at radius 1 is 1.21 bits per heavy atom. The first-order valence-corrected chi connectivity index (χ1v) is 7.60. The van der Waals surface area contributed by atoms with Gasteiger partial charge >= 0.3 is 0 Å². The number of hydrogen-bond donors (Lipinski definition) is 1. The molecule has 2 atom stereocenters. The lowest BCUT2D eigenvalue weighted by atomic mass is 9.86. The number of ether oxygens (including phenoxy) is 1. The van der Waals surface area contributed by atoms with Crippen molar-refractivity contribution in [3.8, 4) is 5.75 Å². The summed E-state index contributed by atoms with van der Waals surface area (Å²) in [6.07, 6.45) is 5.47. The Morgan fingerprint density at radius 3 is 2.74 bits per heavy atom. The second-order valence-corrected chi connectivity index (χ2v) is 5.94. The van der Waals surface area contributed by atoms with Crippen LogP contribution in [0.2, 0.25) is 0 Å². The van der Waals surface area contributed by atoms with Gasteiger partial charge in [0.1, 0.15) is 12.4 Å². The molecule has 0 heterocycles. The molecule has 19 heavy (non-hydrogen) atoms. The molecule has 1 N–H and O–H groups in total. The van der Waals surface area contributed by atoms with Gasteiger partial charge in [-0.2, -0.15) is 0 Å². The van der Waals surface area contributed by atoms with Gasteiger partial charge in [0.05, 0.1) is 0 Å². The van der Waals surface area contributed by atoms with E-state index in [1.165, 1.54) is 36.8 Å². The zero-order chi connectivity index (χ0) is 13.7. The number of benzene rings is 1. The number of hydrogen-bond acceptors (Lipinski definition) is 2. The molecular weight excluding hydrogens is 234 g/mol. The minimum Gasteiger partial charge on any atom is -0.492 e. The molecule has 0 bridgehead atoms. The Balaban J connectivity index is 1.71. The first-order chi connectivity index (χ1) is 9.16. The second kappa shape index (κ2) is 6.95. The number of aryl methyl sites for hydroxylation is 2. The molecule has 2 unspecified atom stereocenters. The zero-order valence-corrected chi connectivity index (χ0v) is 12.5. The highest BCUT2D eigenvalue weighted by Gasteiger charge is 2.20. The van der Waals surface area contributed by atoms with E-state index >= 15 is 0 Å². The molecule has 2 heteroatoms. The van der Waals surface area contributed by atoms with Crippen LogP contribution in [0, 0.1) is 19.8 Å². The molecule has 0 spiro atoms. The highest BCUT2D eigenvalue weighted by atomic mass is 16.5. The minimum absolute atomic E-state index is 0.691. The molecule has 0 saturated heterocycles. The molecular formula is C17H27NO. The van der Waals surface area contributed by atoms with E-state index in [0.717, 1.165) is 24.8 Å². The van der Waals surface area contributed by atoms with Crippen molar-refractivity contribution in [2.75, 3.05) is 13.2 Å². The Kier molecular flexibility index (Phi) is 5.26. The van der Waals surface area contributed by atoms with Crippen LogP contribution in [0.1, 0.15) is 43.7 Å². The summed E-state index contributed by atoms with van der Waals surface area (Å²) in [4.78, 5) is 0. The van der Waals surface area contributed by atoms with Crippen LogP contribution in [0.5, 0.6) is 5.75 Å². The lowest BCUT2D eigenvalue weighted by Crippen LogP contribution is -2.39. The van der Waals surface area contributed by atoms with Crippen molar-refractivity contribution in [2.45, 2.75) is 52.5 Å². The van der Waals surface area contributed by atoms with Crippen molar-refractivity contribution in [1.82, 2.24) is 5.32 Å². The fraction of sp³-hybridized carbons (Fsp3) is 0.647. The van der Waals surface area contributed by atoms with E-state index in [-0.39, 0.29) is 0 Å². The Bertz CT molecular complexity index is 402. The van der Waals surface area contributed by atoms with Gasteiger partial charge in [0, 0.05) is 12.6 Å². The van der Waals surface area contributed by atoms with E-state index in [1.807, 2.05) is 0 Å². The summed E-state index contributed by atoms with van der Waals surface area (Å²) < 4.78 is 5.86. The minimum atomic E-state index is 0.691. The van der Waals surface area contributed by atoms with Gasteiger partial charge in [0.25, 0.3) is 0 Å². The van der Waals surface area contributed by atoms with Gasteiger partial charge in [-0.15, -0.1) is 0 Å². The van der Waals surface area contributed by atoms with E-state index in [1.54, 1.807) is 0 Å². The molecule has 1 aromatic carbocycles. The highest BCUT2D eigenvalue weighted by Crippen LogP contribution is 2.23. The second-order valence-electron chi connectivity index (χ2n) is 5.94. The predicted molar refractivity (Wildman–Crippen MR) is 80.8 cm³/mol. The van der Waals surface area contributed by atoms with Gasteiger partial charge in [0.15, 0.2) is 0 Å². The first-order valence-electron chi connectivity index (χ1n) is 7.60. The van der Waals surface area contributed by atoms with Crippen molar-refractivity contribution in [1.29, 1.82) is 0 Å². The summed E-state index contributed by atoms with van der Waals surface area (Å²) in [6, 6.07) is 7.05. The summed E-state index contributed by atoms with van der Waals surface area (Å²) in [5.41, 5.74) is 2.52. The maximum absolute atomic E-state index is 5.86. The third-order valence-electron chi connectivity index (χ3n) is 4.21. The van der Waals surface area contributed by atoms with Gasteiger partial charge in [-0.1, -0.05) is 37.5 Å². The monoisotopic (exact) mass is 261 g/mol. The first kappa shape index (κ1) is 14.4. The average molecular weight is 261 g/mol. The van der Waals surface area contributed by atoms with Gasteiger partial charge in [-0.3, -0.25) is 0 Å². The van der Waals surface area contributed by atoms with Crippen molar-refractivity contribution in [3.63, 3.8) is 0 Å². The van der Waals surface area contributed by atoms with Crippen LogP contribution in [0.4, 0.5) is 0 Å². The Morgan fingerprint density at radius 2 is 2.00 bits per heavy atom. The van der Waals surface area contributed by atoms with Gasteiger partial charge in [-0.25, -0.2) is 0 Å². The Hall–Kier alpha value is -1.02. The maximum atomic E-state index is 5.86. The van der Waals surface area contributed by atoms with Crippen molar-refractivity contribution < 1.29 is 4.74 Å². The summed E-state index contributed by atoms with van der Waals surface area (Å²) >= 11 is 0. The van der Waals surface area contributed by atoms with E-state index in [9.17, 15) is 0 Å². The third-order valence-corrected chi connectivity index (χ3v) is 4.21. The summed E-state index contributed by atoms with van der Waals surface area (Å²) in [7, 11) is 0. The molecule has 2 rings (SSSR count). The molecule has 1 aliphatic carbocycles. The van der Waals surface area contributed by atoms with Crippen LogP contribution >= 0.6 is 0 Å². The van der Waals surface area contributed by atoms with Crippen LogP contribution in [0.15, 0.2) is 18.2 Å². The number of rotatable bonds is 5. The zero-order valence-electron chi connectivity index (χ0n) is 12.5. The molecule has 0 radical (unpaired) electrons. The van der Waals surface area contributed by atoms with Crippen molar-refractivity contribution in [2.24, 2.45) is 5.92 Å². The Labute approximate surface area is 117 Å². The molecule has 1 fully saturated rings. The van der Waals surface area contributed by atoms with Gasteiger partial charge in [-0.05, 0) is 44.2 Å². The smallest absolute Gasteiger partial charge is 0.122 e. The third kappa shape index (κ3) is 4.24. The maximum Gasteiger partial charge on any atom is 0.122 e. The lowest BCUT2D eigenvalue weighted by Gasteiger charge is -2.29. The average Bonchev–Trinajstić information content (AvgIpc) is 2.38. The van der Waals surface area contributed by atoms with Crippen LogP contribution in [0.3, 0.4) is 0 Å². The lowest BCUT2D eigenvalue weighted by molar-refractivity contribution is 0.250. The van der Waals surface area contributed by atoms with Crippen molar-refractivity contribution >= 4 is 0 Å². The summed E-state index contributed by atoms with van der Waals surface area (Å²) in [5, 5.41) is 3.65. The molecule has 1 saturated carbocycles. The van der Waals surface area contributed by atoms with E-state index < -0.39 is 0 Å². The molecule has 2 nitrogen and oxygen atoms in total. The molecule has 0 amide bonds. The molecule has 0 aliphatic heterocycles. The van der Waals surface area contributed by atoms with E-state index in [4.69, 9.17) is 4.74 Å². The van der Waals surface area contributed by atoms with E-state index in [0.29, 0.717) is 6.04 Å². The SMILES string of the molecule is Cc1ccc(OCCNC2CCCCC2C)c(C)c1. The summed E-state index contributed by atoms with van der Waals surface area (Å²) in [6.45, 7) is 8.29.